The minimum absolute atomic E-state index is 0.0205. The summed E-state index contributed by atoms with van der Waals surface area (Å²) in [5.74, 6) is -55.9. The lowest BCUT2D eigenvalue weighted by atomic mass is 9.88. The summed E-state index contributed by atoms with van der Waals surface area (Å²) in [5, 5.41) is 0. The SMILES string of the molecule is CC(C)=CCC(F)(F)C(F)(F)C(F)(F)C(F)(F)C(F)(F)C(F)(F)C(F)(F)C(F)(F)F. The summed E-state index contributed by atoms with van der Waals surface area (Å²) in [5.41, 5.74) is -0.317. The van der Waals surface area contributed by atoms with Crippen LogP contribution in [0.2, 0.25) is 0 Å². The lowest BCUT2D eigenvalue weighted by Gasteiger charge is -2.42. The van der Waals surface area contributed by atoms with Crippen LogP contribution in [0.25, 0.3) is 0 Å². The molecule has 0 nitrogen and oxygen atoms in total. The van der Waals surface area contributed by atoms with Crippen LogP contribution in [0.4, 0.5) is 74.6 Å². The number of hydrogen-bond donors (Lipinski definition) is 0. The van der Waals surface area contributed by atoms with Gasteiger partial charge in [-0.25, -0.2) is 0 Å². The highest BCUT2D eigenvalue weighted by atomic mass is 19.4. The molecular formula is C13H9F17. The van der Waals surface area contributed by atoms with E-state index in [1.807, 2.05) is 0 Å². The normalized spacial score (nSPS) is 16.0. The smallest absolute Gasteiger partial charge is 0.199 e. The summed E-state index contributed by atoms with van der Waals surface area (Å²) in [6, 6.07) is 0. The van der Waals surface area contributed by atoms with Crippen molar-refractivity contribution in [3.63, 3.8) is 0 Å². The number of rotatable bonds is 8. The van der Waals surface area contributed by atoms with Gasteiger partial charge < -0.3 is 0 Å². The lowest BCUT2D eigenvalue weighted by Crippen LogP contribution is -2.74. The fourth-order valence-corrected chi connectivity index (χ4v) is 1.66. The van der Waals surface area contributed by atoms with Crippen LogP contribution >= 0.6 is 0 Å². The molecule has 0 aromatic heterocycles. The molecule has 0 amide bonds. The second-order valence-electron chi connectivity index (χ2n) is 6.13. The number of alkyl halides is 17. The Labute approximate surface area is 155 Å². The number of hydrogen-bond acceptors (Lipinski definition) is 0. The minimum atomic E-state index is -8.58. The van der Waals surface area contributed by atoms with Gasteiger partial charge in [-0.2, -0.15) is 74.6 Å². The third-order valence-electron chi connectivity index (χ3n) is 3.55. The van der Waals surface area contributed by atoms with Gasteiger partial charge in [-0.1, -0.05) is 11.6 Å². The van der Waals surface area contributed by atoms with Crippen molar-refractivity contribution in [2.24, 2.45) is 0 Å². The first-order valence-electron chi connectivity index (χ1n) is 7.01. The van der Waals surface area contributed by atoms with E-state index in [4.69, 9.17) is 0 Å². The van der Waals surface area contributed by atoms with Crippen molar-refractivity contribution in [3.8, 4) is 0 Å². The van der Waals surface area contributed by atoms with E-state index in [1.165, 1.54) is 0 Å². The first-order chi connectivity index (χ1) is 12.7. The molecule has 0 radical (unpaired) electrons. The summed E-state index contributed by atoms with van der Waals surface area (Å²) in [7, 11) is 0. The van der Waals surface area contributed by atoms with Crippen molar-refractivity contribution in [3.05, 3.63) is 11.6 Å². The van der Waals surface area contributed by atoms with Crippen molar-refractivity contribution in [2.45, 2.75) is 67.9 Å². The molecule has 0 aliphatic heterocycles. The monoisotopic (exact) mass is 488 g/mol. The van der Waals surface area contributed by atoms with E-state index in [0.717, 1.165) is 13.8 Å². The number of halogens is 17. The third-order valence-corrected chi connectivity index (χ3v) is 3.55. The molecule has 17 heteroatoms. The minimum Gasteiger partial charge on any atom is -0.199 e. The van der Waals surface area contributed by atoms with Gasteiger partial charge in [0.2, 0.25) is 0 Å². The van der Waals surface area contributed by atoms with Crippen LogP contribution in [0.1, 0.15) is 20.3 Å². The Bertz CT molecular complexity index is 647. The van der Waals surface area contributed by atoms with Crippen molar-refractivity contribution in [2.75, 3.05) is 0 Å². The highest BCUT2D eigenvalue weighted by Crippen LogP contribution is 2.64. The second-order valence-corrected chi connectivity index (χ2v) is 6.13. The van der Waals surface area contributed by atoms with E-state index in [1.54, 1.807) is 0 Å². The Morgan fingerprint density at radius 1 is 0.467 bits per heavy atom. The molecule has 0 spiro atoms. The largest absolute Gasteiger partial charge is 0.460 e. The molecular weight excluding hydrogens is 479 g/mol. The van der Waals surface area contributed by atoms with Gasteiger partial charge in [0.1, 0.15) is 0 Å². The van der Waals surface area contributed by atoms with E-state index in [9.17, 15) is 74.6 Å². The molecule has 0 bridgehead atoms. The maximum absolute atomic E-state index is 13.4. The fourth-order valence-electron chi connectivity index (χ4n) is 1.66. The van der Waals surface area contributed by atoms with E-state index in [-0.39, 0.29) is 11.6 Å². The maximum Gasteiger partial charge on any atom is 0.460 e. The molecule has 0 atom stereocenters. The van der Waals surface area contributed by atoms with Crippen LogP contribution in [0, 0.1) is 0 Å². The third kappa shape index (κ3) is 3.80. The molecule has 0 saturated heterocycles. The van der Waals surface area contributed by atoms with Crippen molar-refractivity contribution < 1.29 is 74.6 Å². The first kappa shape index (κ1) is 28.5. The van der Waals surface area contributed by atoms with Crippen LogP contribution in [0.15, 0.2) is 11.6 Å². The highest BCUT2D eigenvalue weighted by Gasteiger charge is 2.95. The summed E-state index contributed by atoms with van der Waals surface area (Å²) in [6.45, 7) is 1.80. The summed E-state index contributed by atoms with van der Waals surface area (Å²) in [4.78, 5) is 0. The van der Waals surface area contributed by atoms with Crippen LogP contribution in [0.5, 0.6) is 0 Å². The molecule has 0 aliphatic carbocycles. The lowest BCUT2D eigenvalue weighted by molar-refractivity contribution is -0.461. The molecule has 0 unspecified atom stereocenters. The van der Waals surface area contributed by atoms with E-state index < -0.39 is 54.1 Å². The van der Waals surface area contributed by atoms with Crippen molar-refractivity contribution >= 4 is 0 Å². The summed E-state index contributed by atoms with van der Waals surface area (Å²) >= 11 is 0. The topological polar surface area (TPSA) is 0 Å². The Morgan fingerprint density at radius 3 is 1.00 bits per heavy atom. The first-order valence-corrected chi connectivity index (χ1v) is 7.01. The van der Waals surface area contributed by atoms with Crippen LogP contribution in [-0.4, -0.2) is 47.6 Å². The zero-order chi connectivity index (χ0) is 25.0. The van der Waals surface area contributed by atoms with E-state index in [2.05, 4.69) is 0 Å². The molecule has 0 aromatic rings. The molecule has 0 rings (SSSR count). The van der Waals surface area contributed by atoms with Crippen molar-refractivity contribution in [1.29, 1.82) is 0 Å². The van der Waals surface area contributed by atoms with Crippen LogP contribution in [0.3, 0.4) is 0 Å². The van der Waals surface area contributed by atoms with Gasteiger partial charge >= 0.3 is 47.6 Å². The molecule has 180 valence electrons. The zero-order valence-electron chi connectivity index (χ0n) is 14.2. The zero-order valence-corrected chi connectivity index (χ0v) is 14.2. The average molecular weight is 488 g/mol. The molecule has 0 saturated carbocycles. The highest BCUT2D eigenvalue weighted by molar-refractivity contribution is 5.15. The standard InChI is InChI=1S/C13H9F17/c1-5(2)3-4-6(14,15)7(16,17)8(18,19)9(20,21)10(22,23)11(24,25)12(26,27)13(28,29)30/h3H,4H2,1-2H3. The maximum atomic E-state index is 13.4. The van der Waals surface area contributed by atoms with Gasteiger partial charge in [0.15, 0.2) is 0 Å². The Hall–Kier alpha value is -1.45. The van der Waals surface area contributed by atoms with Gasteiger partial charge in [-0.05, 0) is 13.8 Å². The fraction of sp³-hybridized carbons (Fsp3) is 0.846. The Morgan fingerprint density at radius 2 is 0.733 bits per heavy atom. The quantitative estimate of drug-likeness (QED) is 0.248. The molecule has 0 N–H and O–H groups in total. The number of allylic oxidation sites excluding steroid dienone is 2. The molecule has 0 heterocycles. The van der Waals surface area contributed by atoms with Crippen LogP contribution < -0.4 is 0 Å². The Balaban J connectivity index is 6.66. The molecule has 0 fully saturated rings. The van der Waals surface area contributed by atoms with Crippen LogP contribution in [-0.2, 0) is 0 Å². The van der Waals surface area contributed by atoms with Gasteiger partial charge in [0.25, 0.3) is 0 Å². The summed E-state index contributed by atoms with van der Waals surface area (Å²) in [6.07, 6.45) is -10.3. The molecule has 0 aromatic carbocycles. The van der Waals surface area contributed by atoms with Gasteiger partial charge in [-0.15, -0.1) is 0 Å². The molecule has 30 heavy (non-hydrogen) atoms. The predicted molar refractivity (Wildman–Crippen MR) is 64.7 cm³/mol. The predicted octanol–water partition coefficient (Wildman–Crippen LogP) is 7.35. The summed E-state index contributed by atoms with van der Waals surface area (Å²) < 4.78 is 220. The molecule has 0 aliphatic rings. The average Bonchev–Trinajstić information content (AvgIpc) is 2.50. The van der Waals surface area contributed by atoms with Gasteiger partial charge in [0.05, 0.1) is 0 Å². The van der Waals surface area contributed by atoms with Gasteiger partial charge in [-0.3, -0.25) is 0 Å². The Kier molecular flexibility index (Phi) is 6.95. The van der Waals surface area contributed by atoms with E-state index in [0.29, 0.717) is 0 Å². The van der Waals surface area contributed by atoms with Gasteiger partial charge in [0, 0.05) is 6.42 Å². The van der Waals surface area contributed by atoms with Crippen molar-refractivity contribution in [1.82, 2.24) is 0 Å². The van der Waals surface area contributed by atoms with E-state index >= 15 is 0 Å². The second kappa shape index (κ2) is 7.31.